The third kappa shape index (κ3) is 4.06. The lowest BCUT2D eigenvalue weighted by atomic mass is 9.96. The smallest absolute Gasteiger partial charge is 0.261 e. The Labute approximate surface area is 171 Å². The summed E-state index contributed by atoms with van der Waals surface area (Å²) in [5, 5.41) is 3.28. The van der Waals surface area contributed by atoms with Gasteiger partial charge in [0, 0.05) is 45.8 Å². The number of amides is 3. The number of hydrogen-bond donors (Lipinski definition) is 1. The summed E-state index contributed by atoms with van der Waals surface area (Å²) in [7, 11) is 0. The van der Waals surface area contributed by atoms with E-state index in [2.05, 4.69) is 10.2 Å². The molecule has 1 N–H and O–H groups in total. The number of likely N-dealkylation sites (tertiary alicyclic amines) is 1. The predicted molar refractivity (Wildman–Crippen MR) is 108 cm³/mol. The number of piperidine rings is 1. The number of piperazine rings is 1. The van der Waals surface area contributed by atoms with E-state index in [1.54, 1.807) is 24.3 Å². The molecule has 1 aromatic carbocycles. The van der Waals surface area contributed by atoms with E-state index in [0.717, 1.165) is 45.6 Å². The fourth-order valence-electron chi connectivity index (χ4n) is 4.29. The molecule has 2 saturated heterocycles. The lowest BCUT2D eigenvalue weighted by Gasteiger charge is -2.36. The summed E-state index contributed by atoms with van der Waals surface area (Å²) in [5.41, 5.74) is 0.987. The zero-order valence-electron chi connectivity index (χ0n) is 15.9. The number of rotatable bonds is 4. The largest absolute Gasteiger partial charge is 0.340 e. The summed E-state index contributed by atoms with van der Waals surface area (Å²) >= 11 is 0. The van der Waals surface area contributed by atoms with Crippen molar-refractivity contribution in [3.05, 3.63) is 35.4 Å². The molecule has 3 amide bonds. The fraction of sp³-hybridized carbons (Fsp3) is 0.550. The van der Waals surface area contributed by atoms with Gasteiger partial charge in [-0.05, 0) is 31.5 Å². The van der Waals surface area contributed by atoms with Crippen LogP contribution in [0.3, 0.4) is 0 Å². The topological polar surface area (TPSA) is 73.0 Å². The molecule has 0 saturated carbocycles. The number of hydrogen-bond acceptors (Lipinski definition) is 5. The number of halogens is 1. The van der Waals surface area contributed by atoms with E-state index in [0.29, 0.717) is 30.8 Å². The summed E-state index contributed by atoms with van der Waals surface area (Å²) in [4.78, 5) is 43.2. The van der Waals surface area contributed by atoms with Gasteiger partial charge in [0.15, 0.2) is 0 Å². The average Bonchev–Trinajstić information content (AvgIpc) is 2.97. The number of nitrogens with zero attached hydrogens (tertiary/aromatic N) is 3. The van der Waals surface area contributed by atoms with Gasteiger partial charge in [-0.2, -0.15) is 0 Å². The maximum atomic E-state index is 12.8. The van der Waals surface area contributed by atoms with Crippen molar-refractivity contribution >= 4 is 30.1 Å². The van der Waals surface area contributed by atoms with Crippen LogP contribution >= 0.6 is 12.4 Å². The molecule has 8 heteroatoms. The van der Waals surface area contributed by atoms with Crippen LogP contribution in [0.1, 0.15) is 33.6 Å². The lowest BCUT2D eigenvalue weighted by molar-refractivity contribution is -0.138. The number of carbonyl (C=O) groups excluding carboxylic acids is 3. The van der Waals surface area contributed by atoms with Gasteiger partial charge in [-0.25, -0.2) is 0 Å². The van der Waals surface area contributed by atoms with Crippen LogP contribution < -0.4 is 5.32 Å². The van der Waals surface area contributed by atoms with Crippen molar-refractivity contribution in [3.8, 4) is 0 Å². The van der Waals surface area contributed by atoms with E-state index >= 15 is 0 Å². The molecule has 2 fully saturated rings. The van der Waals surface area contributed by atoms with Gasteiger partial charge >= 0.3 is 0 Å². The highest BCUT2D eigenvalue weighted by atomic mass is 35.5. The first kappa shape index (κ1) is 20.8. The second kappa shape index (κ2) is 9.03. The number of imide groups is 1. The summed E-state index contributed by atoms with van der Waals surface area (Å²) in [6, 6.07) is 6.98. The van der Waals surface area contributed by atoms with Gasteiger partial charge in [-0.1, -0.05) is 12.1 Å². The molecular weight excluding hydrogens is 380 g/mol. The van der Waals surface area contributed by atoms with E-state index in [1.165, 1.54) is 4.90 Å². The van der Waals surface area contributed by atoms with Crippen molar-refractivity contribution < 1.29 is 14.4 Å². The Kier molecular flexibility index (Phi) is 6.69. The van der Waals surface area contributed by atoms with E-state index < -0.39 is 0 Å². The minimum Gasteiger partial charge on any atom is -0.340 e. The summed E-state index contributed by atoms with van der Waals surface area (Å²) < 4.78 is 0. The molecule has 0 radical (unpaired) electrons. The van der Waals surface area contributed by atoms with Crippen LogP contribution in [-0.4, -0.2) is 84.8 Å². The van der Waals surface area contributed by atoms with Gasteiger partial charge < -0.3 is 15.1 Å². The Bertz CT molecular complexity index is 716. The van der Waals surface area contributed by atoms with Crippen molar-refractivity contribution in [1.29, 1.82) is 0 Å². The van der Waals surface area contributed by atoms with E-state index in [1.807, 2.05) is 4.90 Å². The number of carbonyl (C=O) groups is 3. The number of fused-ring (bicyclic) bond motifs is 1. The Morgan fingerprint density at radius 3 is 2.29 bits per heavy atom. The molecule has 0 aliphatic carbocycles. The maximum Gasteiger partial charge on any atom is 0.261 e. The molecule has 4 rings (SSSR count). The molecule has 152 valence electrons. The van der Waals surface area contributed by atoms with Crippen molar-refractivity contribution in [2.75, 3.05) is 52.4 Å². The van der Waals surface area contributed by atoms with Gasteiger partial charge in [0.1, 0.15) is 0 Å². The fourth-order valence-corrected chi connectivity index (χ4v) is 4.29. The number of nitrogens with one attached hydrogen (secondary N) is 1. The van der Waals surface area contributed by atoms with Gasteiger partial charge in [-0.15, -0.1) is 12.4 Å². The Morgan fingerprint density at radius 1 is 1.00 bits per heavy atom. The molecule has 1 aromatic rings. The van der Waals surface area contributed by atoms with Crippen molar-refractivity contribution in [2.24, 2.45) is 5.92 Å². The standard InChI is InChI=1S/C20H26N4O3.ClH/c25-18(23-10-7-21-8-11-23)15-4-3-9-22(14-15)12-13-24-19(26)16-5-1-2-6-17(16)20(24)27;/h1-2,5-6,15,21H,3-4,7-14H2;1H. The molecular formula is C20H27ClN4O3. The highest BCUT2D eigenvalue weighted by Gasteiger charge is 2.36. The van der Waals surface area contributed by atoms with E-state index in [9.17, 15) is 14.4 Å². The molecule has 3 aliphatic rings. The monoisotopic (exact) mass is 406 g/mol. The zero-order chi connectivity index (χ0) is 18.8. The van der Waals surface area contributed by atoms with Gasteiger partial charge in [0.05, 0.1) is 17.0 Å². The van der Waals surface area contributed by atoms with Crippen LogP contribution in [0, 0.1) is 5.92 Å². The summed E-state index contributed by atoms with van der Waals surface area (Å²) in [6.07, 6.45) is 1.90. The number of benzene rings is 1. The molecule has 7 nitrogen and oxygen atoms in total. The molecule has 0 aromatic heterocycles. The summed E-state index contributed by atoms with van der Waals surface area (Å²) in [6.45, 7) is 5.91. The Balaban J connectivity index is 0.00000225. The normalized spacial score (nSPS) is 22.8. The minimum absolute atomic E-state index is 0. The SMILES string of the molecule is Cl.O=C(C1CCCN(CCN2C(=O)c3ccccc3C2=O)C1)N1CCNCC1. The van der Waals surface area contributed by atoms with Crippen molar-refractivity contribution in [1.82, 2.24) is 20.0 Å². The first-order valence-electron chi connectivity index (χ1n) is 9.82. The zero-order valence-corrected chi connectivity index (χ0v) is 16.7. The molecule has 28 heavy (non-hydrogen) atoms. The van der Waals surface area contributed by atoms with Crippen molar-refractivity contribution in [3.63, 3.8) is 0 Å². The Hall–Kier alpha value is -1.96. The van der Waals surface area contributed by atoms with Crippen LogP contribution in [0.15, 0.2) is 24.3 Å². The van der Waals surface area contributed by atoms with Crippen LogP contribution in [0.25, 0.3) is 0 Å². The maximum absolute atomic E-state index is 12.8. The second-order valence-corrected chi connectivity index (χ2v) is 7.52. The minimum atomic E-state index is -0.207. The van der Waals surface area contributed by atoms with Crippen LogP contribution in [0.2, 0.25) is 0 Å². The lowest BCUT2D eigenvalue weighted by Crippen LogP contribution is -2.51. The first-order chi connectivity index (χ1) is 13.1. The Morgan fingerprint density at radius 2 is 1.64 bits per heavy atom. The van der Waals surface area contributed by atoms with Crippen LogP contribution in [0.4, 0.5) is 0 Å². The van der Waals surface area contributed by atoms with E-state index in [-0.39, 0.29) is 36.0 Å². The third-order valence-corrected chi connectivity index (χ3v) is 5.80. The van der Waals surface area contributed by atoms with Gasteiger partial charge in [-0.3, -0.25) is 19.3 Å². The predicted octanol–water partition coefficient (Wildman–Crippen LogP) is 0.848. The van der Waals surface area contributed by atoms with Crippen LogP contribution in [0.5, 0.6) is 0 Å². The quantitative estimate of drug-likeness (QED) is 0.750. The molecule has 1 atom stereocenters. The van der Waals surface area contributed by atoms with Crippen LogP contribution in [-0.2, 0) is 4.79 Å². The molecule has 3 aliphatic heterocycles. The first-order valence-corrected chi connectivity index (χ1v) is 9.82. The third-order valence-electron chi connectivity index (χ3n) is 5.80. The highest BCUT2D eigenvalue weighted by Crippen LogP contribution is 2.23. The molecule has 0 bridgehead atoms. The molecule has 1 unspecified atom stereocenters. The van der Waals surface area contributed by atoms with Gasteiger partial charge in [0.25, 0.3) is 11.8 Å². The molecule has 3 heterocycles. The summed E-state index contributed by atoms with van der Waals surface area (Å²) in [5.74, 6) is -0.136. The van der Waals surface area contributed by atoms with Gasteiger partial charge in [0.2, 0.25) is 5.91 Å². The second-order valence-electron chi connectivity index (χ2n) is 7.52. The van der Waals surface area contributed by atoms with E-state index in [4.69, 9.17) is 0 Å². The average molecular weight is 407 g/mol. The van der Waals surface area contributed by atoms with Crippen molar-refractivity contribution in [2.45, 2.75) is 12.8 Å². The highest BCUT2D eigenvalue weighted by molar-refractivity contribution is 6.21. The molecule has 0 spiro atoms.